The van der Waals surface area contributed by atoms with E-state index in [1.54, 1.807) is 0 Å². The molecule has 2 aromatic carbocycles. The minimum atomic E-state index is -0.511. The molecular formula is C20H18N4O2S. The van der Waals surface area contributed by atoms with Crippen LogP contribution in [0, 0.1) is 0 Å². The number of nitrogens with zero attached hydrogens (tertiary/aromatic N) is 3. The maximum atomic E-state index is 12.8. The Morgan fingerprint density at radius 1 is 1.11 bits per heavy atom. The van der Waals surface area contributed by atoms with Gasteiger partial charge in [0.1, 0.15) is 5.25 Å². The van der Waals surface area contributed by atoms with Crippen molar-refractivity contribution in [2.45, 2.75) is 30.2 Å². The Kier molecular flexibility index (Phi) is 4.77. The van der Waals surface area contributed by atoms with Gasteiger partial charge in [-0.05, 0) is 24.1 Å². The third kappa shape index (κ3) is 3.50. The topological polar surface area (TPSA) is 79.0 Å². The summed E-state index contributed by atoms with van der Waals surface area (Å²) in [7, 11) is 0. The van der Waals surface area contributed by atoms with E-state index in [4.69, 9.17) is 0 Å². The minimum Gasteiger partial charge on any atom is -0.274 e. The summed E-state index contributed by atoms with van der Waals surface area (Å²) in [6.45, 7) is 2.06. The molecule has 0 aliphatic carbocycles. The first kappa shape index (κ1) is 17.5. The molecule has 4 rings (SSSR count). The SMILES string of the molecule is CCc1ccc(N2C(=O)C[C@H](Sc3n[nH]c(-c4ccccc4)n3)C2=O)cc1. The van der Waals surface area contributed by atoms with Crippen LogP contribution in [0.2, 0.25) is 0 Å². The second-order valence-corrected chi connectivity index (χ2v) is 7.40. The Balaban J connectivity index is 1.50. The summed E-state index contributed by atoms with van der Waals surface area (Å²) < 4.78 is 0. The number of aromatic nitrogens is 3. The van der Waals surface area contributed by atoms with Crippen molar-refractivity contribution in [1.82, 2.24) is 15.2 Å². The van der Waals surface area contributed by atoms with Crippen LogP contribution in [0.3, 0.4) is 0 Å². The van der Waals surface area contributed by atoms with Crippen molar-refractivity contribution in [3.8, 4) is 11.4 Å². The van der Waals surface area contributed by atoms with Gasteiger partial charge in [-0.15, -0.1) is 5.10 Å². The largest absolute Gasteiger partial charge is 0.274 e. The monoisotopic (exact) mass is 378 g/mol. The van der Waals surface area contributed by atoms with Crippen LogP contribution in [-0.2, 0) is 16.0 Å². The van der Waals surface area contributed by atoms with Crippen LogP contribution in [0.5, 0.6) is 0 Å². The molecule has 6 nitrogen and oxygen atoms in total. The number of amides is 2. The number of thioether (sulfide) groups is 1. The van der Waals surface area contributed by atoms with Crippen molar-refractivity contribution in [3.05, 3.63) is 60.2 Å². The normalized spacial score (nSPS) is 16.9. The molecule has 0 bridgehead atoms. The quantitative estimate of drug-likeness (QED) is 0.688. The molecule has 0 saturated carbocycles. The molecule has 136 valence electrons. The second-order valence-electron chi connectivity index (χ2n) is 6.23. The summed E-state index contributed by atoms with van der Waals surface area (Å²) in [6.07, 6.45) is 1.06. The van der Waals surface area contributed by atoms with Crippen molar-refractivity contribution in [3.63, 3.8) is 0 Å². The van der Waals surface area contributed by atoms with Gasteiger partial charge in [0.05, 0.1) is 5.69 Å². The van der Waals surface area contributed by atoms with E-state index in [0.29, 0.717) is 16.7 Å². The number of carbonyl (C=O) groups excluding carboxylic acids is 2. The number of benzene rings is 2. The maximum Gasteiger partial charge on any atom is 0.247 e. The Bertz CT molecular complexity index is 969. The van der Waals surface area contributed by atoms with Crippen molar-refractivity contribution in [1.29, 1.82) is 0 Å². The summed E-state index contributed by atoms with van der Waals surface area (Å²) >= 11 is 1.22. The molecule has 1 N–H and O–H groups in total. The number of aryl methyl sites for hydroxylation is 1. The number of hydrogen-bond acceptors (Lipinski definition) is 5. The molecule has 1 saturated heterocycles. The molecule has 1 aromatic heterocycles. The molecule has 1 aliphatic heterocycles. The molecule has 1 fully saturated rings. The van der Waals surface area contributed by atoms with Gasteiger partial charge in [-0.2, -0.15) is 0 Å². The van der Waals surface area contributed by atoms with Gasteiger partial charge in [0, 0.05) is 12.0 Å². The van der Waals surface area contributed by atoms with E-state index in [-0.39, 0.29) is 18.2 Å². The number of rotatable bonds is 5. The van der Waals surface area contributed by atoms with Gasteiger partial charge in [-0.1, -0.05) is 61.2 Å². The molecule has 0 spiro atoms. The van der Waals surface area contributed by atoms with Crippen LogP contribution < -0.4 is 4.90 Å². The lowest BCUT2D eigenvalue weighted by atomic mass is 10.1. The van der Waals surface area contributed by atoms with E-state index in [9.17, 15) is 9.59 Å². The summed E-state index contributed by atoms with van der Waals surface area (Å²) in [5, 5.41) is 7.02. The van der Waals surface area contributed by atoms with Gasteiger partial charge in [0.2, 0.25) is 17.0 Å². The Hall–Kier alpha value is -2.93. The van der Waals surface area contributed by atoms with E-state index in [0.717, 1.165) is 17.5 Å². The van der Waals surface area contributed by atoms with Crippen LogP contribution in [0.15, 0.2) is 59.8 Å². The number of hydrogen-bond donors (Lipinski definition) is 1. The zero-order chi connectivity index (χ0) is 18.8. The maximum absolute atomic E-state index is 12.8. The second kappa shape index (κ2) is 7.36. The highest BCUT2D eigenvalue weighted by molar-refractivity contribution is 8.00. The number of imide groups is 1. The van der Waals surface area contributed by atoms with E-state index in [2.05, 4.69) is 22.1 Å². The van der Waals surface area contributed by atoms with Gasteiger partial charge in [-0.25, -0.2) is 9.88 Å². The van der Waals surface area contributed by atoms with Crippen LogP contribution in [0.25, 0.3) is 11.4 Å². The van der Waals surface area contributed by atoms with Crippen LogP contribution >= 0.6 is 11.8 Å². The molecule has 0 unspecified atom stereocenters. The lowest BCUT2D eigenvalue weighted by molar-refractivity contribution is -0.121. The average Bonchev–Trinajstić information content (AvgIpc) is 3.27. The fourth-order valence-corrected chi connectivity index (χ4v) is 3.93. The van der Waals surface area contributed by atoms with Gasteiger partial charge in [0.15, 0.2) is 5.82 Å². The van der Waals surface area contributed by atoms with Crippen LogP contribution in [-0.4, -0.2) is 32.2 Å². The molecule has 2 heterocycles. The van der Waals surface area contributed by atoms with Gasteiger partial charge < -0.3 is 0 Å². The number of carbonyl (C=O) groups is 2. The van der Waals surface area contributed by atoms with Crippen molar-refractivity contribution >= 4 is 29.3 Å². The first-order valence-corrected chi connectivity index (χ1v) is 9.64. The highest BCUT2D eigenvalue weighted by Gasteiger charge is 2.40. The molecule has 7 heteroatoms. The summed E-state index contributed by atoms with van der Waals surface area (Å²) in [5.74, 6) is 0.225. The van der Waals surface area contributed by atoms with Gasteiger partial charge in [-0.3, -0.25) is 14.7 Å². The zero-order valence-electron chi connectivity index (χ0n) is 14.8. The zero-order valence-corrected chi connectivity index (χ0v) is 15.6. The molecule has 3 aromatic rings. The van der Waals surface area contributed by atoms with Gasteiger partial charge in [0.25, 0.3) is 0 Å². The predicted octanol–water partition coefficient (Wildman–Crippen LogP) is 3.46. The summed E-state index contributed by atoms with van der Waals surface area (Å²) in [6, 6.07) is 17.2. The Morgan fingerprint density at radius 3 is 2.56 bits per heavy atom. The number of anilines is 1. The lowest BCUT2D eigenvalue weighted by Crippen LogP contribution is -2.31. The standard InChI is InChI=1S/C20H18N4O2S/c1-2-13-8-10-15(11-9-13)24-17(25)12-16(19(24)26)27-20-21-18(22-23-20)14-6-4-3-5-7-14/h3-11,16H,2,12H2,1H3,(H,21,22,23)/t16-/m0/s1. The van der Waals surface area contributed by atoms with E-state index in [1.807, 2.05) is 54.6 Å². The van der Waals surface area contributed by atoms with E-state index >= 15 is 0 Å². The first-order valence-electron chi connectivity index (χ1n) is 8.76. The van der Waals surface area contributed by atoms with Crippen LogP contribution in [0.4, 0.5) is 5.69 Å². The van der Waals surface area contributed by atoms with Crippen molar-refractivity contribution < 1.29 is 9.59 Å². The van der Waals surface area contributed by atoms with E-state index in [1.165, 1.54) is 16.7 Å². The predicted molar refractivity (Wildman–Crippen MR) is 104 cm³/mol. The number of H-pyrrole nitrogens is 1. The first-order chi connectivity index (χ1) is 13.2. The van der Waals surface area contributed by atoms with Crippen molar-refractivity contribution in [2.24, 2.45) is 0 Å². The molecule has 1 atom stereocenters. The molecular weight excluding hydrogens is 360 g/mol. The number of nitrogens with one attached hydrogen (secondary N) is 1. The highest BCUT2D eigenvalue weighted by Crippen LogP contribution is 2.33. The number of aromatic amines is 1. The molecule has 1 aliphatic rings. The molecule has 0 radical (unpaired) electrons. The summed E-state index contributed by atoms with van der Waals surface area (Å²) in [4.78, 5) is 30.9. The van der Waals surface area contributed by atoms with E-state index < -0.39 is 5.25 Å². The minimum absolute atomic E-state index is 0.147. The third-order valence-electron chi connectivity index (χ3n) is 4.47. The fourth-order valence-electron chi connectivity index (χ4n) is 3.00. The highest BCUT2D eigenvalue weighted by atomic mass is 32.2. The third-order valence-corrected chi connectivity index (χ3v) is 5.51. The smallest absolute Gasteiger partial charge is 0.247 e. The Labute approximate surface area is 161 Å². The van der Waals surface area contributed by atoms with Gasteiger partial charge >= 0.3 is 0 Å². The fraction of sp³-hybridized carbons (Fsp3) is 0.200. The molecule has 27 heavy (non-hydrogen) atoms. The summed E-state index contributed by atoms with van der Waals surface area (Å²) in [5.41, 5.74) is 2.70. The molecule has 2 amide bonds. The van der Waals surface area contributed by atoms with Crippen LogP contribution in [0.1, 0.15) is 18.9 Å². The lowest BCUT2D eigenvalue weighted by Gasteiger charge is -2.15. The van der Waals surface area contributed by atoms with Crippen molar-refractivity contribution in [2.75, 3.05) is 4.90 Å². The Morgan fingerprint density at radius 2 is 1.85 bits per heavy atom. The average molecular weight is 378 g/mol.